The van der Waals surface area contributed by atoms with Crippen LogP contribution in [0.25, 0.3) is 5.57 Å². The van der Waals surface area contributed by atoms with Crippen LogP contribution in [0.1, 0.15) is 83.6 Å². The Kier molecular flexibility index (Phi) is 9.23. The number of ether oxygens (including phenoxy) is 2. The summed E-state index contributed by atoms with van der Waals surface area (Å²) >= 11 is 0. The molecule has 27 heavy (non-hydrogen) atoms. The molecule has 1 aliphatic heterocycles. The minimum Gasteiger partial charge on any atom is -0.507 e. The van der Waals surface area contributed by atoms with E-state index in [0.717, 1.165) is 12.2 Å². The molecular weight excluding hydrogens is 340 g/mol. The van der Waals surface area contributed by atoms with E-state index in [-0.39, 0.29) is 11.3 Å². The maximum atomic E-state index is 11.8. The van der Waals surface area contributed by atoms with Crippen LogP contribution in [0, 0.1) is 0 Å². The van der Waals surface area contributed by atoms with E-state index in [9.17, 15) is 9.90 Å². The van der Waals surface area contributed by atoms with Crippen molar-refractivity contribution in [3.8, 4) is 5.75 Å². The molecule has 150 valence electrons. The van der Waals surface area contributed by atoms with Crippen LogP contribution in [-0.2, 0) is 9.53 Å². The van der Waals surface area contributed by atoms with Crippen molar-refractivity contribution in [2.24, 2.45) is 0 Å². The normalized spacial score (nSPS) is 16.7. The fourth-order valence-electron chi connectivity index (χ4n) is 3.35. The molecule has 4 nitrogen and oxygen atoms in total. The monoisotopic (exact) mass is 374 g/mol. The summed E-state index contributed by atoms with van der Waals surface area (Å²) < 4.78 is 10.8. The molecule has 0 radical (unpaired) electrons. The second-order valence-electron chi connectivity index (χ2n) is 7.36. The van der Waals surface area contributed by atoms with Crippen molar-refractivity contribution in [2.45, 2.75) is 84.2 Å². The number of rotatable bonds is 13. The maximum Gasteiger partial charge on any atom is 0.343 e. The van der Waals surface area contributed by atoms with Crippen LogP contribution < -0.4 is 4.74 Å². The Morgan fingerprint density at radius 3 is 2.00 bits per heavy atom. The number of unbranched alkanes of at least 4 members (excludes halogenated alkanes) is 9. The van der Waals surface area contributed by atoms with Gasteiger partial charge in [0.15, 0.2) is 6.10 Å². The first-order valence-electron chi connectivity index (χ1n) is 10.5. The molecule has 0 fully saturated rings. The number of benzene rings is 1. The number of hydrogen-bond acceptors (Lipinski definition) is 4. The number of carbonyl (C=O) groups excluding carboxylic acids is 1. The molecule has 0 saturated carbocycles. The average molecular weight is 375 g/mol. The number of aliphatic hydroxyl groups excluding tert-OH is 1. The van der Waals surface area contributed by atoms with Gasteiger partial charge < -0.3 is 14.6 Å². The summed E-state index contributed by atoms with van der Waals surface area (Å²) in [6, 6.07) is 7.25. The van der Waals surface area contributed by atoms with E-state index < -0.39 is 12.1 Å². The maximum absolute atomic E-state index is 11.8. The lowest BCUT2D eigenvalue weighted by Gasteiger charge is -2.07. The number of cyclic esters (lactones) is 1. The Balaban J connectivity index is 1.59. The number of carbonyl (C=O) groups is 1. The molecule has 0 spiro atoms. The summed E-state index contributed by atoms with van der Waals surface area (Å²) in [5, 5.41) is 9.97. The summed E-state index contributed by atoms with van der Waals surface area (Å²) in [5.41, 5.74) is 0.914. The zero-order valence-corrected chi connectivity index (χ0v) is 16.8. The zero-order valence-electron chi connectivity index (χ0n) is 16.8. The van der Waals surface area contributed by atoms with Crippen LogP contribution in [0.15, 0.2) is 30.0 Å². The van der Waals surface area contributed by atoms with Crippen molar-refractivity contribution in [3.05, 3.63) is 35.6 Å². The van der Waals surface area contributed by atoms with Gasteiger partial charge in [0.2, 0.25) is 0 Å². The molecule has 1 heterocycles. The number of aliphatic hydroxyl groups is 1. The molecule has 1 aromatic carbocycles. The molecule has 1 atom stereocenters. The van der Waals surface area contributed by atoms with Gasteiger partial charge in [-0.25, -0.2) is 4.79 Å². The highest BCUT2D eigenvalue weighted by atomic mass is 16.6. The predicted molar refractivity (Wildman–Crippen MR) is 109 cm³/mol. The molecule has 1 N–H and O–H groups in total. The van der Waals surface area contributed by atoms with Gasteiger partial charge in [0.05, 0.1) is 6.61 Å². The summed E-state index contributed by atoms with van der Waals surface area (Å²) in [5.74, 6) is 0.312. The molecule has 0 bridgehead atoms. The van der Waals surface area contributed by atoms with Crippen LogP contribution in [-0.4, -0.2) is 23.8 Å². The lowest BCUT2D eigenvalue weighted by Crippen LogP contribution is -2.05. The standard InChI is InChI=1S/C23H34O4/c1-3-4-5-6-7-8-9-10-11-12-17-26-20-15-13-19(14-16-20)21-22(24)18(2)27-23(21)25/h13-16,18,24H,3-12,17H2,1-2H3. The first-order chi connectivity index (χ1) is 13.1. The van der Waals surface area contributed by atoms with Crippen LogP contribution in [0.5, 0.6) is 5.75 Å². The number of esters is 1. The summed E-state index contributed by atoms with van der Waals surface area (Å²) in [6.45, 7) is 4.62. The largest absolute Gasteiger partial charge is 0.507 e. The van der Waals surface area contributed by atoms with Crippen molar-refractivity contribution in [1.29, 1.82) is 0 Å². The molecular formula is C23H34O4. The molecule has 0 aromatic heterocycles. The second kappa shape index (κ2) is 11.7. The zero-order chi connectivity index (χ0) is 19.5. The minimum absolute atomic E-state index is 0.000896. The molecule has 0 saturated heterocycles. The smallest absolute Gasteiger partial charge is 0.343 e. The second-order valence-corrected chi connectivity index (χ2v) is 7.36. The third kappa shape index (κ3) is 6.93. The average Bonchev–Trinajstić information content (AvgIpc) is 2.92. The summed E-state index contributed by atoms with van der Waals surface area (Å²) in [4.78, 5) is 11.8. The summed E-state index contributed by atoms with van der Waals surface area (Å²) in [7, 11) is 0. The van der Waals surface area contributed by atoms with Crippen LogP contribution in [0.4, 0.5) is 0 Å². The molecule has 4 heteroatoms. The number of hydrogen-bond donors (Lipinski definition) is 1. The fraction of sp³-hybridized carbons (Fsp3) is 0.609. The van der Waals surface area contributed by atoms with Gasteiger partial charge in [-0.05, 0) is 31.0 Å². The van der Waals surface area contributed by atoms with Gasteiger partial charge in [-0.3, -0.25) is 0 Å². The lowest BCUT2D eigenvalue weighted by atomic mass is 10.0. The predicted octanol–water partition coefficient (Wildman–Crippen LogP) is 6.20. The van der Waals surface area contributed by atoms with E-state index in [1.165, 1.54) is 57.8 Å². The van der Waals surface area contributed by atoms with E-state index in [1.54, 1.807) is 19.1 Å². The van der Waals surface area contributed by atoms with Crippen molar-refractivity contribution in [2.75, 3.05) is 6.61 Å². The Morgan fingerprint density at radius 2 is 1.48 bits per heavy atom. The van der Waals surface area contributed by atoms with Gasteiger partial charge in [-0.2, -0.15) is 0 Å². The van der Waals surface area contributed by atoms with E-state index in [0.29, 0.717) is 12.2 Å². The molecule has 0 amide bonds. The molecule has 1 aliphatic rings. The van der Waals surface area contributed by atoms with Gasteiger partial charge in [0.25, 0.3) is 0 Å². The van der Waals surface area contributed by atoms with Gasteiger partial charge in [-0.15, -0.1) is 0 Å². The Morgan fingerprint density at radius 1 is 0.926 bits per heavy atom. The van der Waals surface area contributed by atoms with Gasteiger partial charge in [0, 0.05) is 0 Å². The first kappa shape index (κ1) is 21.3. The van der Waals surface area contributed by atoms with Crippen LogP contribution in [0.2, 0.25) is 0 Å². The highest BCUT2D eigenvalue weighted by Crippen LogP contribution is 2.29. The van der Waals surface area contributed by atoms with E-state index in [2.05, 4.69) is 6.92 Å². The van der Waals surface area contributed by atoms with Gasteiger partial charge in [-0.1, -0.05) is 76.8 Å². The van der Waals surface area contributed by atoms with Crippen molar-refractivity contribution >= 4 is 11.5 Å². The van der Waals surface area contributed by atoms with E-state index in [4.69, 9.17) is 9.47 Å². The quantitative estimate of drug-likeness (QED) is 0.330. The van der Waals surface area contributed by atoms with Crippen molar-refractivity contribution in [3.63, 3.8) is 0 Å². The fourth-order valence-corrected chi connectivity index (χ4v) is 3.35. The Labute approximate surface area is 163 Å². The topological polar surface area (TPSA) is 55.8 Å². The molecule has 1 aromatic rings. The Hall–Kier alpha value is -1.97. The highest BCUT2D eigenvalue weighted by Gasteiger charge is 2.31. The molecule has 1 unspecified atom stereocenters. The SMILES string of the molecule is CCCCCCCCCCCCOc1ccc(C2=C(O)C(C)OC2=O)cc1. The molecule has 0 aliphatic carbocycles. The minimum atomic E-state index is -0.570. The van der Waals surface area contributed by atoms with Crippen molar-refractivity contribution in [1.82, 2.24) is 0 Å². The van der Waals surface area contributed by atoms with Gasteiger partial charge in [0.1, 0.15) is 17.1 Å². The van der Waals surface area contributed by atoms with Crippen molar-refractivity contribution < 1.29 is 19.4 Å². The van der Waals surface area contributed by atoms with E-state index in [1.807, 2.05) is 12.1 Å². The Bertz CT molecular complexity index is 603. The van der Waals surface area contributed by atoms with Crippen LogP contribution in [0.3, 0.4) is 0 Å². The first-order valence-corrected chi connectivity index (χ1v) is 10.5. The summed E-state index contributed by atoms with van der Waals surface area (Å²) in [6.07, 6.45) is 12.5. The van der Waals surface area contributed by atoms with Crippen LogP contribution >= 0.6 is 0 Å². The van der Waals surface area contributed by atoms with Gasteiger partial charge >= 0.3 is 5.97 Å². The van der Waals surface area contributed by atoms with E-state index >= 15 is 0 Å². The lowest BCUT2D eigenvalue weighted by molar-refractivity contribution is -0.137. The highest BCUT2D eigenvalue weighted by molar-refractivity contribution is 6.19. The third-order valence-corrected chi connectivity index (χ3v) is 5.04. The molecule has 2 rings (SSSR count). The third-order valence-electron chi connectivity index (χ3n) is 5.04.